The molecule has 0 unspecified atom stereocenters. The van der Waals surface area contributed by atoms with E-state index in [1.165, 1.54) is 4.90 Å². The van der Waals surface area contributed by atoms with E-state index in [2.05, 4.69) is 0 Å². The van der Waals surface area contributed by atoms with Gasteiger partial charge in [-0.3, -0.25) is 0 Å². The maximum Gasteiger partial charge on any atom is 0.405 e. The molecule has 0 bridgehead atoms. The normalized spacial score (nSPS) is 15.8. The van der Waals surface area contributed by atoms with Crippen molar-refractivity contribution in [3.8, 4) is 0 Å². The third kappa shape index (κ3) is 3.31. The summed E-state index contributed by atoms with van der Waals surface area (Å²) in [6, 6.07) is 5.44. The lowest BCUT2D eigenvalue weighted by molar-refractivity contribution is -0.120. The zero-order chi connectivity index (χ0) is 13.3. The summed E-state index contributed by atoms with van der Waals surface area (Å²) in [6.45, 7) is 1.01. The van der Waals surface area contributed by atoms with Crippen molar-refractivity contribution in [1.82, 2.24) is 0 Å². The van der Waals surface area contributed by atoms with Crippen molar-refractivity contribution in [2.24, 2.45) is 0 Å². The van der Waals surface area contributed by atoms with Gasteiger partial charge in [-0.15, -0.1) is 11.6 Å². The second-order valence-electron chi connectivity index (χ2n) is 4.74. The van der Waals surface area contributed by atoms with Gasteiger partial charge in [0.2, 0.25) is 0 Å². The summed E-state index contributed by atoms with van der Waals surface area (Å²) in [7, 11) is 0. The molecule has 1 aromatic rings. The highest BCUT2D eigenvalue weighted by molar-refractivity contribution is 6.17. The lowest BCUT2D eigenvalue weighted by Crippen LogP contribution is -2.36. The number of halogens is 4. The number of benzene rings is 1. The summed E-state index contributed by atoms with van der Waals surface area (Å²) >= 11 is 5.84. The van der Waals surface area contributed by atoms with Crippen molar-refractivity contribution in [3.05, 3.63) is 29.3 Å². The van der Waals surface area contributed by atoms with E-state index in [1.807, 2.05) is 19.1 Å². The molecular formula is C13H15ClF3N. The molecule has 100 valence electrons. The highest BCUT2D eigenvalue weighted by atomic mass is 35.5. The Bertz CT molecular complexity index is 427. The van der Waals surface area contributed by atoms with Crippen LogP contribution in [0.4, 0.5) is 18.9 Å². The van der Waals surface area contributed by atoms with Gasteiger partial charge in [-0.25, -0.2) is 0 Å². The van der Waals surface area contributed by atoms with E-state index in [0.717, 1.165) is 24.0 Å². The first-order valence-corrected chi connectivity index (χ1v) is 6.43. The fourth-order valence-corrected chi connectivity index (χ4v) is 2.31. The molecule has 2 rings (SSSR count). The van der Waals surface area contributed by atoms with Gasteiger partial charge >= 0.3 is 6.18 Å². The van der Waals surface area contributed by atoms with Gasteiger partial charge in [-0.05, 0) is 31.4 Å². The molecule has 0 aliphatic heterocycles. The number of aryl methyl sites for hydroxylation is 1. The third-order valence-corrected chi connectivity index (χ3v) is 3.31. The van der Waals surface area contributed by atoms with Gasteiger partial charge in [0.25, 0.3) is 0 Å². The molecule has 1 aliphatic carbocycles. The largest absolute Gasteiger partial charge is 0.405 e. The topological polar surface area (TPSA) is 3.24 Å². The standard InChI is InChI=1S/C13H15ClF3N/c1-9-2-5-12(10(6-9)7-14)18(11-3-4-11)8-13(15,16)17/h2,5-6,11H,3-4,7-8H2,1H3. The van der Waals surface area contributed by atoms with Crippen LogP contribution in [-0.2, 0) is 5.88 Å². The molecule has 0 radical (unpaired) electrons. The molecule has 0 heterocycles. The number of alkyl halides is 4. The minimum Gasteiger partial charge on any atom is -0.359 e. The number of hydrogen-bond donors (Lipinski definition) is 0. The summed E-state index contributed by atoms with van der Waals surface area (Å²) in [4.78, 5) is 1.44. The summed E-state index contributed by atoms with van der Waals surface area (Å²) < 4.78 is 37.9. The Morgan fingerprint density at radius 3 is 2.50 bits per heavy atom. The molecule has 1 aliphatic rings. The fourth-order valence-electron chi connectivity index (χ4n) is 2.09. The predicted molar refractivity (Wildman–Crippen MR) is 67.2 cm³/mol. The van der Waals surface area contributed by atoms with Crippen molar-refractivity contribution in [3.63, 3.8) is 0 Å². The molecule has 0 N–H and O–H groups in total. The van der Waals surface area contributed by atoms with E-state index < -0.39 is 12.7 Å². The number of hydrogen-bond acceptors (Lipinski definition) is 1. The van der Waals surface area contributed by atoms with Gasteiger partial charge in [0, 0.05) is 17.6 Å². The molecule has 0 saturated heterocycles. The Morgan fingerprint density at radius 2 is 2.00 bits per heavy atom. The highest BCUT2D eigenvalue weighted by Crippen LogP contribution is 2.36. The summed E-state index contributed by atoms with van der Waals surface area (Å²) in [5, 5.41) is 0. The molecule has 0 aromatic heterocycles. The minimum absolute atomic E-state index is 0.0105. The van der Waals surface area contributed by atoms with Crippen LogP contribution >= 0.6 is 11.6 Å². The maximum atomic E-state index is 12.6. The van der Waals surface area contributed by atoms with E-state index in [1.54, 1.807) is 6.07 Å². The van der Waals surface area contributed by atoms with E-state index in [4.69, 9.17) is 11.6 Å². The van der Waals surface area contributed by atoms with Gasteiger partial charge in [0.15, 0.2) is 0 Å². The summed E-state index contributed by atoms with van der Waals surface area (Å²) in [6.07, 6.45) is -2.53. The van der Waals surface area contributed by atoms with Gasteiger partial charge in [-0.1, -0.05) is 17.7 Å². The van der Waals surface area contributed by atoms with Gasteiger partial charge in [0.1, 0.15) is 6.54 Å². The van der Waals surface area contributed by atoms with Crippen LogP contribution in [0.3, 0.4) is 0 Å². The van der Waals surface area contributed by atoms with Crippen LogP contribution in [0.5, 0.6) is 0 Å². The molecule has 1 saturated carbocycles. The highest BCUT2D eigenvalue weighted by Gasteiger charge is 2.38. The Hall–Kier alpha value is -0.900. The monoisotopic (exact) mass is 277 g/mol. The smallest absolute Gasteiger partial charge is 0.359 e. The van der Waals surface area contributed by atoms with Gasteiger partial charge in [0.05, 0.1) is 0 Å². The Morgan fingerprint density at radius 1 is 1.33 bits per heavy atom. The number of rotatable bonds is 4. The minimum atomic E-state index is -4.18. The van der Waals surface area contributed by atoms with Crippen LogP contribution < -0.4 is 4.90 Å². The summed E-state index contributed by atoms with van der Waals surface area (Å²) in [5.41, 5.74) is 2.40. The molecule has 5 heteroatoms. The molecule has 0 amide bonds. The lowest BCUT2D eigenvalue weighted by Gasteiger charge is -2.28. The first-order valence-electron chi connectivity index (χ1n) is 5.89. The van der Waals surface area contributed by atoms with Crippen molar-refractivity contribution in [1.29, 1.82) is 0 Å². The zero-order valence-corrected chi connectivity index (χ0v) is 10.9. The molecule has 1 aromatic carbocycles. The second-order valence-corrected chi connectivity index (χ2v) is 5.01. The Kier molecular flexibility index (Phi) is 3.76. The van der Waals surface area contributed by atoms with Crippen LogP contribution in [0.25, 0.3) is 0 Å². The molecular weight excluding hydrogens is 263 g/mol. The molecule has 0 spiro atoms. The van der Waals surface area contributed by atoms with E-state index in [0.29, 0.717) is 5.69 Å². The first kappa shape index (κ1) is 13.5. The molecule has 0 atom stereocenters. The average Bonchev–Trinajstić information content (AvgIpc) is 3.08. The summed E-state index contributed by atoms with van der Waals surface area (Å²) in [5.74, 6) is 0.234. The van der Waals surface area contributed by atoms with Crippen molar-refractivity contribution in [2.75, 3.05) is 11.4 Å². The maximum absolute atomic E-state index is 12.6. The second kappa shape index (κ2) is 5.00. The number of nitrogens with zero attached hydrogens (tertiary/aromatic N) is 1. The average molecular weight is 278 g/mol. The Balaban J connectivity index is 2.30. The fraction of sp³-hybridized carbons (Fsp3) is 0.538. The van der Waals surface area contributed by atoms with Crippen LogP contribution in [0.2, 0.25) is 0 Å². The van der Waals surface area contributed by atoms with E-state index in [9.17, 15) is 13.2 Å². The Labute approximate surface area is 110 Å². The van der Waals surface area contributed by atoms with Crippen molar-refractivity contribution in [2.45, 2.75) is 37.9 Å². The van der Waals surface area contributed by atoms with Crippen LogP contribution in [0.15, 0.2) is 18.2 Å². The van der Waals surface area contributed by atoms with Crippen molar-refractivity contribution >= 4 is 17.3 Å². The van der Waals surface area contributed by atoms with E-state index >= 15 is 0 Å². The molecule has 18 heavy (non-hydrogen) atoms. The van der Waals surface area contributed by atoms with Crippen LogP contribution in [0, 0.1) is 6.92 Å². The zero-order valence-electron chi connectivity index (χ0n) is 10.1. The SMILES string of the molecule is Cc1ccc(N(CC(F)(F)F)C2CC2)c(CCl)c1. The third-order valence-electron chi connectivity index (χ3n) is 3.03. The van der Waals surface area contributed by atoms with Gasteiger partial charge in [-0.2, -0.15) is 13.2 Å². The van der Waals surface area contributed by atoms with E-state index in [-0.39, 0.29) is 11.9 Å². The van der Waals surface area contributed by atoms with Crippen LogP contribution in [0.1, 0.15) is 24.0 Å². The quantitative estimate of drug-likeness (QED) is 0.743. The number of anilines is 1. The van der Waals surface area contributed by atoms with Crippen LogP contribution in [-0.4, -0.2) is 18.8 Å². The van der Waals surface area contributed by atoms with Gasteiger partial charge < -0.3 is 4.90 Å². The predicted octanol–water partition coefficient (Wildman–Crippen LogP) is 4.26. The lowest BCUT2D eigenvalue weighted by atomic mass is 10.1. The molecule has 1 nitrogen and oxygen atoms in total. The van der Waals surface area contributed by atoms with Crippen molar-refractivity contribution < 1.29 is 13.2 Å². The first-order chi connectivity index (χ1) is 8.40. The molecule has 1 fully saturated rings.